The number of rotatable bonds is 6. The highest BCUT2D eigenvalue weighted by Gasteiger charge is 2.18. The van der Waals surface area contributed by atoms with E-state index in [4.69, 9.17) is 10.5 Å². The van der Waals surface area contributed by atoms with E-state index in [2.05, 4.69) is 42.2 Å². The number of hydrogen-bond donors (Lipinski definition) is 2. The van der Waals surface area contributed by atoms with Crippen LogP contribution >= 0.6 is 0 Å². The van der Waals surface area contributed by atoms with Gasteiger partial charge in [-0.15, -0.1) is 0 Å². The Morgan fingerprint density at radius 2 is 2.15 bits per heavy atom. The van der Waals surface area contributed by atoms with Gasteiger partial charge in [0.25, 0.3) is 0 Å². The van der Waals surface area contributed by atoms with Crippen LogP contribution in [0, 0.1) is 0 Å². The predicted molar refractivity (Wildman–Crippen MR) is 80.1 cm³/mol. The Kier molecular flexibility index (Phi) is 4.57. The molecule has 0 aromatic carbocycles. The minimum atomic E-state index is 0.0214. The van der Waals surface area contributed by atoms with E-state index in [0.29, 0.717) is 26.3 Å². The van der Waals surface area contributed by atoms with Crippen LogP contribution in [0.15, 0.2) is 18.5 Å². The van der Waals surface area contributed by atoms with Crippen molar-refractivity contribution in [3.05, 3.63) is 24.2 Å². The fraction of sp³-hybridized carbons (Fsp3) is 0.571. The fourth-order valence-electron chi connectivity index (χ4n) is 1.85. The molecule has 0 amide bonds. The zero-order valence-corrected chi connectivity index (χ0v) is 12.4. The second-order valence-corrected chi connectivity index (χ2v) is 5.71. The van der Waals surface area contributed by atoms with Crippen LogP contribution < -0.4 is 11.1 Å². The Morgan fingerprint density at radius 1 is 1.35 bits per heavy atom. The van der Waals surface area contributed by atoms with Crippen LogP contribution in [0.3, 0.4) is 0 Å². The molecule has 110 valence electrons. The molecule has 6 heteroatoms. The zero-order chi connectivity index (χ0) is 14.6. The van der Waals surface area contributed by atoms with Gasteiger partial charge in [-0.25, -0.2) is 9.50 Å². The first-order chi connectivity index (χ1) is 9.52. The van der Waals surface area contributed by atoms with Crippen molar-refractivity contribution in [1.29, 1.82) is 0 Å². The van der Waals surface area contributed by atoms with Crippen molar-refractivity contribution in [3.63, 3.8) is 0 Å². The van der Waals surface area contributed by atoms with Crippen molar-refractivity contribution in [3.8, 4) is 0 Å². The predicted octanol–water partition coefficient (Wildman–Crippen LogP) is 1.41. The summed E-state index contributed by atoms with van der Waals surface area (Å²) in [6.07, 6.45) is 3.61. The lowest BCUT2D eigenvalue weighted by molar-refractivity contribution is 0.151. The average Bonchev–Trinajstić information content (AvgIpc) is 2.83. The van der Waals surface area contributed by atoms with Crippen LogP contribution in [0.4, 0.5) is 5.82 Å². The van der Waals surface area contributed by atoms with E-state index in [-0.39, 0.29) is 5.41 Å². The lowest BCUT2D eigenvalue weighted by Crippen LogP contribution is -2.15. The van der Waals surface area contributed by atoms with Crippen LogP contribution in [0.1, 0.15) is 26.5 Å². The molecule has 0 unspecified atom stereocenters. The highest BCUT2D eigenvalue weighted by molar-refractivity contribution is 5.68. The maximum absolute atomic E-state index is 5.37. The molecule has 0 saturated carbocycles. The third-order valence-electron chi connectivity index (χ3n) is 2.96. The molecule has 0 atom stereocenters. The number of nitrogens with zero attached hydrogens (tertiary/aromatic N) is 3. The van der Waals surface area contributed by atoms with Crippen molar-refractivity contribution in [2.24, 2.45) is 5.73 Å². The van der Waals surface area contributed by atoms with Gasteiger partial charge < -0.3 is 15.8 Å². The van der Waals surface area contributed by atoms with E-state index < -0.39 is 0 Å². The summed E-state index contributed by atoms with van der Waals surface area (Å²) >= 11 is 0. The van der Waals surface area contributed by atoms with Gasteiger partial charge in [0.15, 0.2) is 5.82 Å². The molecule has 3 N–H and O–H groups in total. The molecular formula is C14H23N5O. The molecule has 0 fully saturated rings. The summed E-state index contributed by atoms with van der Waals surface area (Å²) in [6.45, 7) is 8.89. The first kappa shape index (κ1) is 14.7. The molecule has 20 heavy (non-hydrogen) atoms. The second-order valence-electron chi connectivity index (χ2n) is 5.71. The van der Waals surface area contributed by atoms with E-state index in [1.165, 1.54) is 0 Å². The summed E-state index contributed by atoms with van der Waals surface area (Å²) in [5.41, 5.74) is 7.42. The van der Waals surface area contributed by atoms with Gasteiger partial charge in [-0.05, 0) is 6.07 Å². The lowest BCUT2D eigenvalue weighted by Gasteiger charge is -2.13. The highest BCUT2D eigenvalue weighted by Crippen LogP contribution is 2.24. The summed E-state index contributed by atoms with van der Waals surface area (Å²) in [5, 5.41) is 7.86. The van der Waals surface area contributed by atoms with Gasteiger partial charge in [0.1, 0.15) is 5.52 Å². The second kappa shape index (κ2) is 6.19. The number of ether oxygens (including phenoxy) is 1. The van der Waals surface area contributed by atoms with Crippen LogP contribution in [0.2, 0.25) is 0 Å². The summed E-state index contributed by atoms with van der Waals surface area (Å²) in [5.74, 6) is 0.826. The Labute approximate surface area is 119 Å². The first-order valence-electron chi connectivity index (χ1n) is 6.89. The average molecular weight is 277 g/mol. The Balaban J connectivity index is 2.11. The summed E-state index contributed by atoms with van der Waals surface area (Å²) in [7, 11) is 0. The number of nitrogens with one attached hydrogen (secondary N) is 1. The van der Waals surface area contributed by atoms with Crippen molar-refractivity contribution >= 4 is 11.3 Å². The Bertz CT molecular complexity index is 558. The molecule has 0 aliphatic heterocycles. The summed E-state index contributed by atoms with van der Waals surface area (Å²) < 4.78 is 7.20. The van der Waals surface area contributed by atoms with Crippen molar-refractivity contribution < 1.29 is 4.74 Å². The normalized spacial score (nSPS) is 12.0. The first-order valence-corrected chi connectivity index (χ1v) is 6.89. The molecule has 2 rings (SSSR count). The number of hydrogen-bond acceptors (Lipinski definition) is 5. The van der Waals surface area contributed by atoms with Gasteiger partial charge in [0, 0.05) is 30.9 Å². The summed E-state index contributed by atoms with van der Waals surface area (Å²) in [6, 6.07) is 2.08. The Hall–Kier alpha value is -1.66. The third kappa shape index (κ3) is 3.46. The molecule has 0 saturated heterocycles. The minimum absolute atomic E-state index is 0.0214. The van der Waals surface area contributed by atoms with Crippen molar-refractivity contribution in [1.82, 2.24) is 14.6 Å². The maximum atomic E-state index is 5.37. The van der Waals surface area contributed by atoms with Gasteiger partial charge in [-0.2, -0.15) is 5.10 Å². The van der Waals surface area contributed by atoms with Crippen LogP contribution in [0.5, 0.6) is 0 Å². The number of anilines is 1. The third-order valence-corrected chi connectivity index (χ3v) is 2.96. The molecule has 0 bridgehead atoms. The van der Waals surface area contributed by atoms with E-state index >= 15 is 0 Å². The molecular weight excluding hydrogens is 254 g/mol. The van der Waals surface area contributed by atoms with E-state index in [0.717, 1.165) is 17.0 Å². The SMILES string of the molecule is CC(C)(C)c1cc2c(NCCOCCN)nccn2n1. The molecule has 0 aliphatic carbocycles. The summed E-state index contributed by atoms with van der Waals surface area (Å²) in [4.78, 5) is 4.37. The minimum Gasteiger partial charge on any atom is -0.378 e. The van der Waals surface area contributed by atoms with Gasteiger partial charge >= 0.3 is 0 Å². The Morgan fingerprint density at radius 3 is 2.85 bits per heavy atom. The van der Waals surface area contributed by atoms with Crippen molar-refractivity contribution in [2.45, 2.75) is 26.2 Å². The largest absolute Gasteiger partial charge is 0.378 e. The molecule has 0 radical (unpaired) electrons. The molecule has 0 aliphatic rings. The van der Waals surface area contributed by atoms with Crippen LogP contribution in [0.25, 0.3) is 5.52 Å². The molecule has 6 nitrogen and oxygen atoms in total. The number of nitrogens with two attached hydrogens (primary N) is 1. The lowest BCUT2D eigenvalue weighted by atomic mass is 9.92. The molecule has 0 spiro atoms. The number of fused-ring (bicyclic) bond motifs is 1. The zero-order valence-electron chi connectivity index (χ0n) is 12.4. The highest BCUT2D eigenvalue weighted by atomic mass is 16.5. The van der Waals surface area contributed by atoms with Gasteiger partial charge in [0.05, 0.1) is 18.9 Å². The van der Waals surface area contributed by atoms with E-state index in [1.807, 2.05) is 10.7 Å². The van der Waals surface area contributed by atoms with Crippen LogP contribution in [-0.4, -0.2) is 40.9 Å². The standard InChI is InChI=1S/C14H23N5O/c1-14(2,3)12-10-11-13(16-5-7-19(11)18-12)17-6-9-20-8-4-15/h5,7,10H,4,6,8-9,15H2,1-3H3,(H,16,17). The van der Waals surface area contributed by atoms with Crippen molar-refractivity contribution in [2.75, 3.05) is 31.6 Å². The maximum Gasteiger partial charge on any atom is 0.152 e. The van der Waals surface area contributed by atoms with Gasteiger partial charge in [-0.3, -0.25) is 0 Å². The molecule has 2 aromatic heterocycles. The monoisotopic (exact) mass is 277 g/mol. The quantitative estimate of drug-likeness (QED) is 0.781. The van der Waals surface area contributed by atoms with Gasteiger partial charge in [-0.1, -0.05) is 20.8 Å². The smallest absolute Gasteiger partial charge is 0.152 e. The fourth-order valence-corrected chi connectivity index (χ4v) is 1.85. The van der Waals surface area contributed by atoms with E-state index in [1.54, 1.807) is 6.20 Å². The van der Waals surface area contributed by atoms with E-state index in [9.17, 15) is 0 Å². The molecule has 2 aromatic rings. The topological polar surface area (TPSA) is 77.5 Å². The van der Waals surface area contributed by atoms with Crippen LogP contribution in [-0.2, 0) is 10.2 Å². The van der Waals surface area contributed by atoms with Gasteiger partial charge in [0.2, 0.25) is 0 Å². The molecule has 2 heterocycles. The number of aromatic nitrogens is 3.